The van der Waals surface area contributed by atoms with Gasteiger partial charge in [0.2, 0.25) is 0 Å². The average molecular weight is 189 g/mol. The van der Waals surface area contributed by atoms with Crippen LogP contribution in [0.3, 0.4) is 0 Å². The molecule has 5 heteroatoms. The third-order valence-corrected chi connectivity index (χ3v) is 1.49. The Morgan fingerprint density at radius 2 is 2.21 bits per heavy atom. The van der Waals surface area contributed by atoms with Gasteiger partial charge in [0.15, 0.2) is 11.5 Å². The molecule has 0 aliphatic rings. The van der Waals surface area contributed by atoms with Gasteiger partial charge in [-0.15, -0.1) is 0 Å². The lowest BCUT2D eigenvalue weighted by Gasteiger charge is -2.01. The first-order chi connectivity index (χ1) is 6.88. The van der Waals surface area contributed by atoms with Crippen molar-refractivity contribution in [2.24, 2.45) is 5.73 Å². The quantitative estimate of drug-likeness (QED) is 0.664. The molecule has 1 rings (SSSR count). The summed E-state index contributed by atoms with van der Waals surface area (Å²) in [6.45, 7) is 1.10. The fourth-order valence-corrected chi connectivity index (χ4v) is 0.884. The molecule has 0 aliphatic carbocycles. The van der Waals surface area contributed by atoms with E-state index in [4.69, 9.17) is 11.0 Å². The van der Waals surface area contributed by atoms with Crippen LogP contribution in [0.25, 0.3) is 0 Å². The lowest BCUT2D eigenvalue weighted by molar-refractivity contribution is 1.13. The van der Waals surface area contributed by atoms with Crippen LogP contribution in [0.4, 0.5) is 5.82 Å². The van der Waals surface area contributed by atoms with Gasteiger partial charge >= 0.3 is 0 Å². The van der Waals surface area contributed by atoms with Crippen LogP contribution in [0.2, 0.25) is 0 Å². The molecule has 0 unspecified atom stereocenters. The van der Waals surface area contributed by atoms with Gasteiger partial charge in [-0.1, -0.05) is 12.2 Å². The molecule has 0 saturated carbocycles. The third kappa shape index (κ3) is 2.84. The summed E-state index contributed by atoms with van der Waals surface area (Å²) < 4.78 is 0. The number of anilines is 1. The van der Waals surface area contributed by atoms with Gasteiger partial charge in [-0.2, -0.15) is 5.26 Å². The predicted octanol–water partition coefficient (Wildman–Crippen LogP) is 0.275. The van der Waals surface area contributed by atoms with Crippen molar-refractivity contribution in [3.05, 3.63) is 30.2 Å². The maximum absolute atomic E-state index is 8.69. The number of rotatable bonds is 4. The van der Waals surface area contributed by atoms with Crippen LogP contribution < -0.4 is 11.1 Å². The molecule has 0 amide bonds. The molecule has 0 saturated heterocycles. The predicted molar refractivity (Wildman–Crippen MR) is 53.4 cm³/mol. The monoisotopic (exact) mass is 189 g/mol. The first-order valence-electron chi connectivity index (χ1n) is 4.18. The zero-order chi connectivity index (χ0) is 10.2. The van der Waals surface area contributed by atoms with Gasteiger partial charge in [-0.3, -0.25) is 0 Å². The summed E-state index contributed by atoms with van der Waals surface area (Å²) in [7, 11) is 0. The van der Waals surface area contributed by atoms with E-state index in [-0.39, 0.29) is 0 Å². The highest BCUT2D eigenvalue weighted by molar-refractivity contribution is 5.46. The minimum Gasteiger partial charge on any atom is -0.364 e. The summed E-state index contributed by atoms with van der Waals surface area (Å²) in [6, 6.07) is 1.95. The molecular formula is C9H11N5. The summed E-state index contributed by atoms with van der Waals surface area (Å²) >= 11 is 0. The molecule has 0 atom stereocenters. The Morgan fingerprint density at radius 3 is 2.93 bits per heavy atom. The maximum atomic E-state index is 8.69. The molecule has 0 radical (unpaired) electrons. The number of nitriles is 1. The fraction of sp³-hybridized carbons (Fsp3) is 0.222. The van der Waals surface area contributed by atoms with Gasteiger partial charge in [0, 0.05) is 25.5 Å². The standard InChI is InChI=1S/C9H11N5/c10-3-1-2-4-13-9-8(7-11)12-5-6-14-9/h1-2,5-6H,3-4,10H2,(H,13,14)/b2-1+. The minimum atomic E-state index is 0.300. The van der Waals surface area contributed by atoms with Gasteiger partial charge in [-0.05, 0) is 0 Å². The van der Waals surface area contributed by atoms with Crippen molar-refractivity contribution < 1.29 is 0 Å². The summed E-state index contributed by atoms with van der Waals surface area (Å²) in [5, 5.41) is 11.7. The lowest BCUT2D eigenvalue weighted by atomic mass is 10.4. The summed E-state index contributed by atoms with van der Waals surface area (Å²) in [6.07, 6.45) is 6.72. The molecule has 1 heterocycles. The Kier molecular flexibility index (Phi) is 4.11. The molecule has 0 bridgehead atoms. The van der Waals surface area contributed by atoms with Gasteiger partial charge in [0.05, 0.1) is 0 Å². The zero-order valence-electron chi connectivity index (χ0n) is 7.64. The third-order valence-electron chi connectivity index (χ3n) is 1.49. The second-order valence-electron chi connectivity index (χ2n) is 2.45. The van der Waals surface area contributed by atoms with Crippen molar-refractivity contribution in [3.63, 3.8) is 0 Å². The first kappa shape index (κ1) is 10.2. The van der Waals surface area contributed by atoms with Crippen molar-refractivity contribution in [3.8, 4) is 6.07 Å². The highest BCUT2D eigenvalue weighted by Gasteiger charge is 2.00. The van der Waals surface area contributed by atoms with E-state index in [0.717, 1.165) is 0 Å². The Morgan fingerprint density at radius 1 is 1.43 bits per heavy atom. The van der Waals surface area contributed by atoms with E-state index < -0.39 is 0 Å². The van der Waals surface area contributed by atoms with Crippen LogP contribution in [0.5, 0.6) is 0 Å². The molecule has 1 aromatic heterocycles. The van der Waals surface area contributed by atoms with Crippen LogP contribution in [-0.2, 0) is 0 Å². The van der Waals surface area contributed by atoms with Gasteiger partial charge < -0.3 is 11.1 Å². The minimum absolute atomic E-state index is 0.300. The van der Waals surface area contributed by atoms with E-state index in [1.165, 1.54) is 12.4 Å². The van der Waals surface area contributed by atoms with Crippen molar-refractivity contribution in [2.75, 3.05) is 18.4 Å². The number of nitrogens with one attached hydrogen (secondary N) is 1. The van der Waals surface area contributed by atoms with Crippen LogP contribution in [-0.4, -0.2) is 23.1 Å². The summed E-state index contributed by atoms with van der Waals surface area (Å²) in [5.74, 6) is 0.497. The second kappa shape index (κ2) is 5.67. The van der Waals surface area contributed by atoms with Crippen LogP contribution in [0.15, 0.2) is 24.5 Å². The molecular weight excluding hydrogens is 178 g/mol. The van der Waals surface area contributed by atoms with Crippen molar-refractivity contribution in [2.45, 2.75) is 0 Å². The molecule has 72 valence electrons. The van der Waals surface area contributed by atoms with E-state index in [1.807, 2.05) is 18.2 Å². The largest absolute Gasteiger partial charge is 0.364 e. The topological polar surface area (TPSA) is 87.6 Å². The SMILES string of the molecule is N#Cc1nccnc1NC/C=C/CN. The highest BCUT2D eigenvalue weighted by Crippen LogP contribution is 2.05. The van der Waals surface area contributed by atoms with Crippen LogP contribution >= 0.6 is 0 Å². The molecule has 1 aromatic rings. The summed E-state index contributed by atoms with van der Waals surface area (Å²) in [4.78, 5) is 7.85. The first-order valence-corrected chi connectivity index (χ1v) is 4.18. The van der Waals surface area contributed by atoms with Gasteiger partial charge in [0.25, 0.3) is 0 Å². The molecule has 3 N–H and O–H groups in total. The Balaban J connectivity index is 2.59. The number of nitrogens with zero attached hydrogens (tertiary/aromatic N) is 3. The number of hydrogen-bond donors (Lipinski definition) is 2. The number of hydrogen-bond acceptors (Lipinski definition) is 5. The maximum Gasteiger partial charge on any atom is 0.182 e. The molecule has 5 nitrogen and oxygen atoms in total. The molecule has 0 aromatic carbocycles. The lowest BCUT2D eigenvalue weighted by Crippen LogP contribution is -2.04. The average Bonchev–Trinajstić information content (AvgIpc) is 2.25. The van der Waals surface area contributed by atoms with E-state index in [9.17, 15) is 0 Å². The highest BCUT2D eigenvalue weighted by atomic mass is 15.0. The van der Waals surface area contributed by atoms with E-state index in [1.54, 1.807) is 0 Å². The normalized spacial score (nSPS) is 10.0. The molecule has 0 aliphatic heterocycles. The van der Waals surface area contributed by atoms with Crippen molar-refractivity contribution >= 4 is 5.82 Å². The Labute approximate surface area is 82.3 Å². The smallest absolute Gasteiger partial charge is 0.182 e. The summed E-state index contributed by atoms with van der Waals surface area (Å²) in [5.41, 5.74) is 5.57. The number of nitrogens with two attached hydrogens (primary N) is 1. The van der Waals surface area contributed by atoms with Crippen LogP contribution in [0, 0.1) is 11.3 Å². The van der Waals surface area contributed by atoms with Crippen molar-refractivity contribution in [1.29, 1.82) is 5.26 Å². The Bertz CT molecular complexity index is 352. The molecule has 14 heavy (non-hydrogen) atoms. The Hall–Kier alpha value is -1.93. The van der Waals surface area contributed by atoms with E-state index in [2.05, 4.69) is 15.3 Å². The van der Waals surface area contributed by atoms with E-state index in [0.29, 0.717) is 24.6 Å². The van der Waals surface area contributed by atoms with Crippen LogP contribution in [0.1, 0.15) is 5.69 Å². The molecule has 0 spiro atoms. The van der Waals surface area contributed by atoms with E-state index >= 15 is 0 Å². The fourth-order valence-electron chi connectivity index (χ4n) is 0.884. The van der Waals surface area contributed by atoms with Crippen molar-refractivity contribution in [1.82, 2.24) is 9.97 Å². The molecule has 0 fully saturated rings. The number of aromatic nitrogens is 2. The van der Waals surface area contributed by atoms with Gasteiger partial charge in [-0.25, -0.2) is 9.97 Å². The van der Waals surface area contributed by atoms with Gasteiger partial charge in [0.1, 0.15) is 6.07 Å². The zero-order valence-corrected chi connectivity index (χ0v) is 7.64. The second-order valence-corrected chi connectivity index (χ2v) is 2.45.